The molecule has 5 aliphatic carbocycles. The third-order valence-corrected chi connectivity index (χ3v) is 18.8. The molecule has 10 aromatic carbocycles. The summed E-state index contributed by atoms with van der Waals surface area (Å²) in [6.07, 6.45) is 17.8. The topological polar surface area (TPSA) is 6.48 Å². The minimum atomic E-state index is -0.558. The van der Waals surface area contributed by atoms with Crippen molar-refractivity contribution in [2.45, 2.75) is 57.8 Å². The lowest BCUT2D eigenvalue weighted by Gasteiger charge is -2.33. The van der Waals surface area contributed by atoms with E-state index in [4.69, 9.17) is 0 Å². The Morgan fingerprint density at radius 1 is 0.390 bits per heavy atom. The maximum atomic E-state index is 2.55. The molecule has 1 unspecified atom stereocenters. The Kier molecular flexibility index (Phi) is 11.4. The van der Waals surface area contributed by atoms with Crippen LogP contribution in [0.1, 0.15) is 86.1 Å². The fourth-order valence-electron chi connectivity index (χ4n) is 15.0. The standard InChI is InChI=1S/C80H64N2/c1-7-8-10-38-76(58-28-14-13-25-52(58)2)81(56-40-44-64-60-30-15-20-34-68(60)78(3,4)74(64)50-56)54-42-46-72-66(48-54)67-49-55(43-47-73(67)80(72)70-36-22-17-32-62(70)63-33-18-23-37-71(63)80)82(77-39-24-19-29-59(77)53-26-11-9-12-27-53)57-41-45-65-61-31-16-21-35-69(61)79(5,6)75(65)51-57/h7-52H,1-6H3/b8-7-,38-10-,76-58-. The largest absolute Gasteiger partial charge is 0.310 e. The van der Waals surface area contributed by atoms with Crippen LogP contribution in [0.2, 0.25) is 0 Å². The number of allylic oxidation sites excluding steroid dienone is 9. The second-order valence-electron chi connectivity index (χ2n) is 23.9. The van der Waals surface area contributed by atoms with E-state index < -0.39 is 5.41 Å². The normalized spacial score (nSPS) is 17.0. The lowest BCUT2D eigenvalue weighted by molar-refractivity contribution is 0.660. The summed E-state index contributed by atoms with van der Waals surface area (Å²) in [5.74, 6) is 0.184. The number of nitrogens with zero attached hydrogens (tertiary/aromatic N) is 2. The average Bonchev–Trinajstić information content (AvgIpc) is 2.93. The van der Waals surface area contributed by atoms with Crippen molar-refractivity contribution >= 4 is 28.4 Å². The number of fused-ring (bicyclic) bond motifs is 16. The van der Waals surface area contributed by atoms with Gasteiger partial charge in [0.25, 0.3) is 0 Å². The number of benzene rings is 10. The molecule has 0 saturated carbocycles. The van der Waals surface area contributed by atoms with E-state index in [-0.39, 0.29) is 16.7 Å². The third kappa shape index (κ3) is 7.20. The summed E-state index contributed by atoms with van der Waals surface area (Å²) in [5.41, 5.74) is 30.4. The summed E-state index contributed by atoms with van der Waals surface area (Å²) in [6.45, 7) is 14.0. The van der Waals surface area contributed by atoms with Gasteiger partial charge >= 0.3 is 0 Å². The smallest absolute Gasteiger partial charge is 0.0725 e. The lowest BCUT2D eigenvalue weighted by Crippen LogP contribution is -2.26. The monoisotopic (exact) mass is 1050 g/mol. The lowest BCUT2D eigenvalue weighted by atomic mass is 9.70. The zero-order chi connectivity index (χ0) is 55.5. The fourth-order valence-corrected chi connectivity index (χ4v) is 15.0. The van der Waals surface area contributed by atoms with Crippen LogP contribution in [0, 0.1) is 5.92 Å². The molecule has 394 valence electrons. The molecule has 2 nitrogen and oxygen atoms in total. The van der Waals surface area contributed by atoms with Crippen LogP contribution in [0.15, 0.2) is 284 Å². The minimum absolute atomic E-state index is 0.183. The molecule has 0 amide bonds. The summed E-state index contributed by atoms with van der Waals surface area (Å²) in [6, 6.07) is 85.3. The van der Waals surface area contributed by atoms with Gasteiger partial charge in [0.15, 0.2) is 0 Å². The van der Waals surface area contributed by atoms with E-state index in [1.807, 2.05) is 0 Å². The van der Waals surface area contributed by atoms with Gasteiger partial charge in [0.2, 0.25) is 0 Å². The van der Waals surface area contributed by atoms with Crippen molar-refractivity contribution in [1.29, 1.82) is 0 Å². The van der Waals surface area contributed by atoms with Crippen molar-refractivity contribution in [3.63, 3.8) is 0 Å². The van der Waals surface area contributed by atoms with Crippen molar-refractivity contribution in [2.75, 3.05) is 9.80 Å². The molecule has 0 heterocycles. The number of hydrogen-bond donors (Lipinski definition) is 0. The maximum absolute atomic E-state index is 2.55. The molecule has 1 spiro atoms. The molecule has 0 saturated heterocycles. The first-order valence-corrected chi connectivity index (χ1v) is 29.2. The minimum Gasteiger partial charge on any atom is -0.310 e. The number of rotatable bonds is 9. The predicted octanol–water partition coefficient (Wildman–Crippen LogP) is 21.1. The Hall–Kier alpha value is -9.50. The Morgan fingerprint density at radius 2 is 0.829 bits per heavy atom. The molecule has 0 radical (unpaired) electrons. The fraction of sp³-hybridized carbons (Fsp3) is 0.125. The van der Waals surface area contributed by atoms with Gasteiger partial charge in [-0.15, -0.1) is 0 Å². The Labute approximate surface area is 483 Å². The van der Waals surface area contributed by atoms with Gasteiger partial charge in [0.1, 0.15) is 0 Å². The summed E-state index contributed by atoms with van der Waals surface area (Å²) in [5, 5.41) is 0. The van der Waals surface area contributed by atoms with Crippen LogP contribution < -0.4 is 9.80 Å². The Balaban J connectivity index is 1.00. The van der Waals surface area contributed by atoms with E-state index in [1.165, 1.54) is 106 Å². The van der Waals surface area contributed by atoms with Crippen LogP contribution in [0.25, 0.3) is 55.6 Å². The van der Waals surface area contributed by atoms with E-state index in [9.17, 15) is 0 Å². The summed E-state index contributed by atoms with van der Waals surface area (Å²) in [4.78, 5) is 5.08. The molecule has 15 rings (SSSR count). The second kappa shape index (κ2) is 18.8. The highest BCUT2D eigenvalue weighted by Crippen LogP contribution is 2.64. The molecule has 0 aliphatic heterocycles. The highest BCUT2D eigenvalue weighted by atomic mass is 15.2. The van der Waals surface area contributed by atoms with Crippen LogP contribution >= 0.6 is 0 Å². The first kappa shape index (κ1) is 49.5. The molecule has 1 atom stereocenters. The maximum Gasteiger partial charge on any atom is 0.0725 e. The van der Waals surface area contributed by atoms with Crippen molar-refractivity contribution in [2.24, 2.45) is 5.92 Å². The first-order valence-electron chi connectivity index (χ1n) is 29.2. The van der Waals surface area contributed by atoms with Crippen LogP contribution in [-0.4, -0.2) is 0 Å². The molecule has 10 aromatic rings. The van der Waals surface area contributed by atoms with Gasteiger partial charge in [-0.2, -0.15) is 0 Å². The van der Waals surface area contributed by atoms with Gasteiger partial charge in [0.05, 0.1) is 11.1 Å². The van der Waals surface area contributed by atoms with E-state index in [0.717, 1.165) is 34.1 Å². The summed E-state index contributed by atoms with van der Waals surface area (Å²) < 4.78 is 0. The molecule has 0 aromatic heterocycles. The van der Waals surface area contributed by atoms with Gasteiger partial charge in [0, 0.05) is 50.8 Å². The van der Waals surface area contributed by atoms with E-state index in [1.54, 1.807) is 0 Å². The summed E-state index contributed by atoms with van der Waals surface area (Å²) in [7, 11) is 0. The van der Waals surface area contributed by atoms with Crippen molar-refractivity contribution in [3.8, 4) is 55.6 Å². The van der Waals surface area contributed by atoms with Crippen LogP contribution in [-0.2, 0) is 16.2 Å². The van der Waals surface area contributed by atoms with Gasteiger partial charge in [-0.05, 0) is 168 Å². The molecule has 2 heteroatoms. The number of hydrogen-bond acceptors (Lipinski definition) is 2. The third-order valence-electron chi connectivity index (χ3n) is 18.8. The second-order valence-corrected chi connectivity index (χ2v) is 23.9. The molecular formula is C80H64N2. The molecule has 82 heavy (non-hydrogen) atoms. The highest BCUT2D eigenvalue weighted by Gasteiger charge is 2.52. The average molecular weight is 1050 g/mol. The highest BCUT2D eigenvalue weighted by molar-refractivity contribution is 5.99. The quantitative estimate of drug-likeness (QED) is 0.133. The molecular weight excluding hydrogens is 989 g/mol. The SMILES string of the molecule is C\C=C/C=C\C(=C1/C=CC=CC1C)N(c1ccc2c(c1)-c1cc(N(c3ccc4c(c3)C(C)(C)c3ccccc3-4)c3ccccc3-c3ccccc3)ccc1C21c2ccccc2-c2ccccc21)c1ccc2c(c1)C(C)(C)c1ccccc1-2. The zero-order valence-corrected chi connectivity index (χ0v) is 47.5. The van der Waals surface area contributed by atoms with Crippen LogP contribution in [0.5, 0.6) is 0 Å². The van der Waals surface area contributed by atoms with Crippen LogP contribution in [0.3, 0.4) is 0 Å². The van der Waals surface area contributed by atoms with Crippen molar-refractivity contribution < 1.29 is 0 Å². The molecule has 0 fully saturated rings. The Morgan fingerprint density at radius 3 is 1.43 bits per heavy atom. The van der Waals surface area contributed by atoms with Crippen molar-refractivity contribution in [1.82, 2.24) is 0 Å². The number of para-hydroxylation sites is 1. The first-order chi connectivity index (χ1) is 40.1. The van der Waals surface area contributed by atoms with Gasteiger partial charge in [-0.1, -0.05) is 247 Å². The van der Waals surface area contributed by atoms with E-state index in [0.29, 0.717) is 0 Å². The zero-order valence-electron chi connectivity index (χ0n) is 47.5. The van der Waals surface area contributed by atoms with E-state index in [2.05, 4.69) is 324 Å². The molecule has 5 aliphatic rings. The molecule has 0 bridgehead atoms. The van der Waals surface area contributed by atoms with E-state index >= 15 is 0 Å². The number of anilines is 5. The Bertz CT molecular complexity index is 4390. The molecule has 0 N–H and O–H groups in total. The van der Waals surface area contributed by atoms with Crippen LogP contribution in [0.4, 0.5) is 28.4 Å². The van der Waals surface area contributed by atoms with Crippen molar-refractivity contribution in [3.05, 3.63) is 329 Å². The predicted molar refractivity (Wildman–Crippen MR) is 345 cm³/mol. The van der Waals surface area contributed by atoms with Gasteiger partial charge < -0.3 is 9.80 Å². The van der Waals surface area contributed by atoms with Gasteiger partial charge in [-0.25, -0.2) is 0 Å². The van der Waals surface area contributed by atoms with Gasteiger partial charge in [-0.3, -0.25) is 0 Å². The summed E-state index contributed by atoms with van der Waals surface area (Å²) >= 11 is 0.